The predicted octanol–water partition coefficient (Wildman–Crippen LogP) is 1.78. The minimum Gasteiger partial charge on any atom is -0.366 e. The number of nitrogens with one attached hydrogen (secondary N) is 3. The molecule has 1 aromatic carbocycles. The standard InChI is InChI=1S/C16H19N5O3S/c1-11(22)18-12-3-2-4-13(9-12)20-16-17-7-5-15(21-16)19-14-6-8-25(23,24)10-14/h2-5,7,9,14H,6,8,10H2,1H3,(H,18,22)(H2,17,19,20,21). The molecule has 1 saturated heterocycles. The highest BCUT2D eigenvalue weighted by Crippen LogP contribution is 2.20. The molecule has 1 atom stereocenters. The largest absolute Gasteiger partial charge is 0.366 e. The summed E-state index contributed by atoms with van der Waals surface area (Å²) in [6, 6.07) is 8.76. The number of nitrogens with zero attached hydrogens (tertiary/aromatic N) is 2. The van der Waals surface area contributed by atoms with Crippen molar-refractivity contribution in [1.82, 2.24) is 9.97 Å². The lowest BCUT2D eigenvalue weighted by Crippen LogP contribution is -2.21. The Morgan fingerprint density at radius 2 is 2.04 bits per heavy atom. The van der Waals surface area contributed by atoms with Crippen LogP contribution in [0.5, 0.6) is 0 Å². The average Bonchev–Trinajstić information content (AvgIpc) is 2.86. The van der Waals surface area contributed by atoms with Gasteiger partial charge in [-0.1, -0.05) is 6.07 Å². The summed E-state index contributed by atoms with van der Waals surface area (Å²) >= 11 is 0. The van der Waals surface area contributed by atoms with E-state index in [2.05, 4.69) is 25.9 Å². The molecule has 2 aromatic rings. The maximum Gasteiger partial charge on any atom is 0.229 e. The normalized spacial score (nSPS) is 18.5. The molecule has 0 aliphatic carbocycles. The summed E-state index contributed by atoms with van der Waals surface area (Å²) in [6.07, 6.45) is 2.17. The number of benzene rings is 1. The van der Waals surface area contributed by atoms with Gasteiger partial charge in [0.05, 0.1) is 11.5 Å². The topological polar surface area (TPSA) is 113 Å². The molecule has 3 N–H and O–H groups in total. The van der Waals surface area contributed by atoms with Crippen LogP contribution in [0.4, 0.5) is 23.1 Å². The molecule has 9 heteroatoms. The molecule has 132 valence electrons. The first kappa shape index (κ1) is 17.2. The lowest BCUT2D eigenvalue weighted by Gasteiger charge is -2.12. The van der Waals surface area contributed by atoms with Gasteiger partial charge in [-0.05, 0) is 30.7 Å². The summed E-state index contributed by atoms with van der Waals surface area (Å²) < 4.78 is 23.1. The second kappa shape index (κ2) is 7.06. The number of sulfone groups is 1. The Bertz CT molecular complexity index is 885. The van der Waals surface area contributed by atoms with E-state index < -0.39 is 9.84 Å². The molecular weight excluding hydrogens is 342 g/mol. The van der Waals surface area contributed by atoms with Gasteiger partial charge in [0.25, 0.3) is 0 Å². The Balaban J connectivity index is 1.68. The van der Waals surface area contributed by atoms with E-state index in [0.29, 0.717) is 23.9 Å². The number of amides is 1. The van der Waals surface area contributed by atoms with Crippen LogP contribution in [0.1, 0.15) is 13.3 Å². The maximum absolute atomic E-state index is 11.5. The first-order valence-electron chi connectivity index (χ1n) is 7.84. The third kappa shape index (κ3) is 4.90. The minimum atomic E-state index is -2.95. The monoisotopic (exact) mass is 361 g/mol. The van der Waals surface area contributed by atoms with Crippen molar-refractivity contribution in [3.05, 3.63) is 36.5 Å². The fourth-order valence-corrected chi connectivity index (χ4v) is 4.30. The maximum atomic E-state index is 11.5. The summed E-state index contributed by atoms with van der Waals surface area (Å²) in [5.41, 5.74) is 1.40. The van der Waals surface area contributed by atoms with Crippen molar-refractivity contribution in [2.45, 2.75) is 19.4 Å². The van der Waals surface area contributed by atoms with Gasteiger partial charge < -0.3 is 16.0 Å². The second-order valence-electron chi connectivity index (χ2n) is 5.90. The van der Waals surface area contributed by atoms with Gasteiger partial charge in [-0.15, -0.1) is 0 Å². The van der Waals surface area contributed by atoms with Gasteiger partial charge in [0, 0.05) is 30.5 Å². The summed E-state index contributed by atoms with van der Waals surface area (Å²) in [5, 5.41) is 8.91. The van der Waals surface area contributed by atoms with E-state index in [1.54, 1.807) is 30.5 Å². The van der Waals surface area contributed by atoms with Gasteiger partial charge in [0.1, 0.15) is 5.82 Å². The molecule has 0 bridgehead atoms. The molecule has 1 fully saturated rings. The molecule has 8 nitrogen and oxygen atoms in total. The molecule has 1 aromatic heterocycles. The SMILES string of the molecule is CC(=O)Nc1cccc(Nc2nccc(NC3CCS(=O)(=O)C3)n2)c1. The Hall–Kier alpha value is -2.68. The quantitative estimate of drug-likeness (QED) is 0.744. The zero-order valence-electron chi connectivity index (χ0n) is 13.7. The van der Waals surface area contributed by atoms with E-state index in [1.807, 2.05) is 6.07 Å². The highest BCUT2D eigenvalue weighted by Gasteiger charge is 2.27. The third-order valence-corrected chi connectivity index (χ3v) is 5.45. The Labute approximate surface area is 146 Å². The van der Waals surface area contributed by atoms with Crippen molar-refractivity contribution in [3.8, 4) is 0 Å². The van der Waals surface area contributed by atoms with Gasteiger partial charge in [-0.3, -0.25) is 4.79 Å². The van der Waals surface area contributed by atoms with E-state index in [0.717, 1.165) is 5.69 Å². The lowest BCUT2D eigenvalue weighted by molar-refractivity contribution is -0.114. The van der Waals surface area contributed by atoms with Gasteiger partial charge >= 0.3 is 0 Å². The van der Waals surface area contributed by atoms with E-state index in [1.165, 1.54) is 6.92 Å². The van der Waals surface area contributed by atoms with Crippen LogP contribution in [0.2, 0.25) is 0 Å². The first-order valence-corrected chi connectivity index (χ1v) is 9.66. The number of aromatic nitrogens is 2. The molecule has 1 aliphatic heterocycles. The van der Waals surface area contributed by atoms with Crippen molar-refractivity contribution >= 4 is 38.9 Å². The summed E-state index contributed by atoms with van der Waals surface area (Å²) in [6.45, 7) is 1.45. The fraction of sp³-hybridized carbons (Fsp3) is 0.312. The smallest absolute Gasteiger partial charge is 0.229 e. The van der Waals surface area contributed by atoms with Crippen LogP contribution in [0, 0.1) is 0 Å². The number of hydrogen-bond donors (Lipinski definition) is 3. The van der Waals surface area contributed by atoms with E-state index in [-0.39, 0.29) is 23.5 Å². The van der Waals surface area contributed by atoms with Gasteiger partial charge in [-0.25, -0.2) is 13.4 Å². The molecule has 0 radical (unpaired) electrons. The number of carbonyl (C=O) groups is 1. The highest BCUT2D eigenvalue weighted by molar-refractivity contribution is 7.91. The highest BCUT2D eigenvalue weighted by atomic mass is 32.2. The molecule has 25 heavy (non-hydrogen) atoms. The first-order chi connectivity index (χ1) is 11.9. The zero-order valence-corrected chi connectivity index (χ0v) is 14.5. The van der Waals surface area contributed by atoms with Crippen molar-refractivity contribution in [3.63, 3.8) is 0 Å². The molecule has 2 heterocycles. The Kier molecular flexibility index (Phi) is 4.84. The molecule has 0 spiro atoms. The summed E-state index contributed by atoms with van der Waals surface area (Å²) in [7, 11) is -2.95. The molecule has 0 saturated carbocycles. The lowest BCUT2D eigenvalue weighted by atomic mass is 10.2. The number of carbonyl (C=O) groups excluding carboxylic acids is 1. The van der Waals surface area contributed by atoms with Gasteiger partial charge in [0.15, 0.2) is 9.84 Å². The summed E-state index contributed by atoms with van der Waals surface area (Å²) in [5.74, 6) is 1.13. The number of hydrogen-bond acceptors (Lipinski definition) is 7. The summed E-state index contributed by atoms with van der Waals surface area (Å²) in [4.78, 5) is 19.6. The van der Waals surface area contributed by atoms with Crippen LogP contribution in [0.25, 0.3) is 0 Å². The molecule has 3 rings (SSSR count). The van der Waals surface area contributed by atoms with Crippen LogP contribution in [0.15, 0.2) is 36.5 Å². The molecule has 1 amide bonds. The fourth-order valence-electron chi connectivity index (χ4n) is 2.62. The Morgan fingerprint density at radius 3 is 2.76 bits per heavy atom. The van der Waals surface area contributed by atoms with Crippen molar-refractivity contribution in [1.29, 1.82) is 0 Å². The number of rotatable bonds is 5. The van der Waals surface area contributed by atoms with Crippen molar-refractivity contribution in [2.75, 3.05) is 27.5 Å². The van der Waals surface area contributed by atoms with Gasteiger partial charge in [-0.2, -0.15) is 4.98 Å². The van der Waals surface area contributed by atoms with Crippen LogP contribution in [0.3, 0.4) is 0 Å². The van der Waals surface area contributed by atoms with Crippen LogP contribution < -0.4 is 16.0 Å². The van der Waals surface area contributed by atoms with E-state index in [4.69, 9.17) is 0 Å². The zero-order chi connectivity index (χ0) is 17.9. The average molecular weight is 361 g/mol. The van der Waals surface area contributed by atoms with E-state index in [9.17, 15) is 13.2 Å². The minimum absolute atomic E-state index is 0.124. The third-order valence-electron chi connectivity index (χ3n) is 3.68. The van der Waals surface area contributed by atoms with Crippen LogP contribution in [-0.4, -0.2) is 41.8 Å². The number of anilines is 4. The van der Waals surface area contributed by atoms with Crippen molar-refractivity contribution in [2.24, 2.45) is 0 Å². The molecule has 1 unspecified atom stereocenters. The van der Waals surface area contributed by atoms with Crippen LogP contribution in [-0.2, 0) is 14.6 Å². The van der Waals surface area contributed by atoms with Crippen molar-refractivity contribution < 1.29 is 13.2 Å². The van der Waals surface area contributed by atoms with Crippen LogP contribution >= 0.6 is 0 Å². The Morgan fingerprint density at radius 1 is 1.24 bits per heavy atom. The van der Waals surface area contributed by atoms with Gasteiger partial charge in [0.2, 0.25) is 11.9 Å². The predicted molar refractivity (Wildman–Crippen MR) is 96.7 cm³/mol. The molecular formula is C16H19N5O3S. The van der Waals surface area contributed by atoms with E-state index >= 15 is 0 Å². The molecule has 1 aliphatic rings. The second-order valence-corrected chi connectivity index (χ2v) is 8.13.